The Labute approximate surface area is 123 Å². The van der Waals surface area contributed by atoms with Gasteiger partial charge in [-0.15, -0.1) is 18.2 Å². The second kappa shape index (κ2) is 7.81. The number of rotatable bonds is 6. The Balaban J connectivity index is 2.60. The molecule has 1 rings (SSSR count). The zero-order valence-electron chi connectivity index (χ0n) is 9.89. The fourth-order valence-electron chi connectivity index (χ4n) is 1.26. The minimum absolute atomic E-state index is 0.130. The monoisotopic (exact) mass is 342 g/mol. The molecule has 0 aromatic heterocycles. The van der Waals surface area contributed by atoms with Gasteiger partial charge in [0.15, 0.2) is 0 Å². The average molecular weight is 343 g/mol. The topological polar surface area (TPSA) is 72.2 Å². The van der Waals surface area contributed by atoms with E-state index in [9.17, 15) is 14.9 Å². The summed E-state index contributed by atoms with van der Waals surface area (Å²) < 4.78 is 0.346. The van der Waals surface area contributed by atoms with Crippen LogP contribution in [0.4, 0.5) is 5.69 Å². The zero-order chi connectivity index (χ0) is 14.3. The lowest BCUT2D eigenvalue weighted by Gasteiger charge is -2.05. The highest BCUT2D eigenvalue weighted by atomic mass is 79.9. The normalized spacial score (nSPS) is 9.68. The number of hydrogen-bond donors (Lipinski definition) is 1. The van der Waals surface area contributed by atoms with Crippen molar-refractivity contribution in [2.45, 2.75) is 0 Å². The van der Waals surface area contributed by atoms with Crippen LogP contribution in [0, 0.1) is 22.5 Å². The van der Waals surface area contributed by atoms with Crippen LogP contribution in [0.1, 0.15) is 10.4 Å². The fourth-order valence-corrected chi connectivity index (χ4v) is 2.16. The molecule has 0 saturated carbocycles. The molecule has 1 N–H and O–H groups in total. The van der Waals surface area contributed by atoms with E-state index in [4.69, 9.17) is 6.42 Å². The number of benzene rings is 1. The Morgan fingerprint density at radius 3 is 2.95 bits per heavy atom. The maximum atomic E-state index is 11.8. The minimum Gasteiger partial charge on any atom is -0.351 e. The molecule has 0 fully saturated rings. The van der Waals surface area contributed by atoms with Gasteiger partial charge in [0.2, 0.25) is 0 Å². The summed E-state index contributed by atoms with van der Waals surface area (Å²) in [6.45, 7) is 0.467. The van der Waals surface area contributed by atoms with Crippen molar-refractivity contribution < 1.29 is 9.72 Å². The summed E-state index contributed by atoms with van der Waals surface area (Å²) in [6.07, 6.45) is 5.09. The number of hydrogen-bond acceptors (Lipinski definition) is 4. The van der Waals surface area contributed by atoms with Gasteiger partial charge in [-0.05, 0) is 28.1 Å². The highest BCUT2D eigenvalue weighted by Gasteiger charge is 2.15. The Bertz CT molecular complexity index is 528. The molecule has 19 heavy (non-hydrogen) atoms. The van der Waals surface area contributed by atoms with E-state index in [1.807, 2.05) is 0 Å². The number of terminal acetylenes is 1. The number of nitrogens with one attached hydrogen (secondary N) is 1. The van der Waals surface area contributed by atoms with Gasteiger partial charge >= 0.3 is 0 Å². The molecule has 0 atom stereocenters. The molecule has 0 aliphatic carbocycles. The molecular weight excluding hydrogens is 332 g/mol. The van der Waals surface area contributed by atoms with Crippen LogP contribution in [0.25, 0.3) is 0 Å². The summed E-state index contributed by atoms with van der Waals surface area (Å²) in [4.78, 5) is 22.0. The predicted molar refractivity (Wildman–Crippen MR) is 79.3 cm³/mol. The van der Waals surface area contributed by atoms with Crippen LogP contribution in [-0.4, -0.2) is 28.9 Å². The van der Waals surface area contributed by atoms with Crippen molar-refractivity contribution in [3.05, 3.63) is 38.3 Å². The smallest absolute Gasteiger partial charge is 0.284 e. The van der Waals surface area contributed by atoms with Crippen LogP contribution in [0.15, 0.2) is 22.7 Å². The fraction of sp³-hybridized carbons (Fsp3) is 0.250. The van der Waals surface area contributed by atoms with E-state index in [2.05, 4.69) is 27.2 Å². The summed E-state index contributed by atoms with van der Waals surface area (Å²) in [5, 5.41) is 13.4. The van der Waals surface area contributed by atoms with Crippen molar-refractivity contribution in [2.24, 2.45) is 0 Å². The van der Waals surface area contributed by atoms with E-state index in [0.29, 0.717) is 22.5 Å². The van der Waals surface area contributed by atoms with Gasteiger partial charge in [-0.25, -0.2) is 0 Å². The van der Waals surface area contributed by atoms with Crippen LogP contribution in [0.3, 0.4) is 0 Å². The second-order valence-electron chi connectivity index (χ2n) is 3.44. The highest BCUT2D eigenvalue weighted by Crippen LogP contribution is 2.25. The van der Waals surface area contributed by atoms with Crippen LogP contribution in [-0.2, 0) is 0 Å². The highest BCUT2D eigenvalue weighted by molar-refractivity contribution is 9.10. The SMILES string of the molecule is C#CCSCCNC(=O)c1ccc(Br)c([N+](=O)[O-])c1. The molecule has 0 bridgehead atoms. The van der Waals surface area contributed by atoms with E-state index >= 15 is 0 Å². The Morgan fingerprint density at radius 1 is 1.58 bits per heavy atom. The van der Waals surface area contributed by atoms with Crippen molar-refractivity contribution in [3.63, 3.8) is 0 Å². The van der Waals surface area contributed by atoms with Crippen LogP contribution >= 0.6 is 27.7 Å². The van der Waals surface area contributed by atoms with Crippen LogP contribution in [0.2, 0.25) is 0 Å². The molecule has 5 nitrogen and oxygen atoms in total. The van der Waals surface area contributed by atoms with Crippen LogP contribution < -0.4 is 5.32 Å². The summed E-state index contributed by atoms with van der Waals surface area (Å²) in [5.74, 6) is 3.45. The van der Waals surface area contributed by atoms with E-state index in [1.165, 1.54) is 30.0 Å². The first kappa shape index (κ1) is 15.5. The average Bonchev–Trinajstić information content (AvgIpc) is 2.38. The van der Waals surface area contributed by atoms with Gasteiger partial charge < -0.3 is 5.32 Å². The molecule has 0 aliphatic heterocycles. The standard InChI is InChI=1S/C12H11BrN2O3S/c1-2-6-19-7-5-14-12(16)9-3-4-10(13)11(8-9)15(17)18/h1,3-4,8H,5-7H2,(H,14,16). The molecular formula is C12H11BrN2O3S. The van der Waals surface area contributed by atoms with Crippen molar-refractivity contribution >= 4 is 39.3 Å². The van der Waals surface area contributed by atoms with Gasteiger partial charge in [-0.1, -0.05) is 5.92 Å². The molecule has 7 heteroatoms. The number of carbonyl (C=O) groups is 1. The van der Waals surface area contributed by atoms with Crippen molar-refractivity contribution in [3.8, 4) is 12.3 Å². The molecule has 0 radical (unpaired) electrons. The van der Waals surface area contributed by atoms with E-state index in [0.717, 1.165) is 0 Å². The van der Waals surface area contributed by atoms with Gasteiger partial charge in [-0.3, -0.25) is 14.9 Å². The number of thioether (sulfide) groups is 1. The molecule has 0 heterocycles. The molecule has 0 saturated heterocycles. The third kappa shape index (κ3) is 4.93. The third-order valence-electron chi connectivity index (χ3n) is 2.12. The van der Waals surface area contributed by atoms with Crippen molar-refractivity contribution in [1.29, 1.82) is 0 Å². The molecule has 0 aliphatic rings. The first-order valence-electron chi connectivity index (χ1n) is 5.29. The lowest BCUT2D eigenvalue weighted by Crippen LogP contribution is -2.25. The third-order valence-corrected chi connectivity index (χ3v) is 3.66. The number of amides is 1. The van der Waals surface area contributed by atoms with Crippen molar-refractivity contribution in [2.75, 3.05) is 18.1 Å². The number of carbonyl (C=O) groups excluding carboxylic acids is 1. The first-order chi connectivity index (χ1) is 9.06. The van der Waals surface area contributed by atoms with Gasteiger partial charge in [0.05, 0.1) is 15.1 Å². The Hall–Kier alpha value is -1.52. The van der Waals surface area contributed by atoms with Gasteiger partial charge in [0.1, 0.15) is 0 Å². The number of nitro benzene ring substituents is 1. The molecule has 1 aromatic rings. The summed E-state index contributed by atoms with van der Waals surface area (Å²) in [6, 6.07) is 4.26. The predicted octanol–water partition coefficient (Wildman–Crippen LogP) is 2.45. The maximum absolute atomic E-state index is 11.8. The maximum Gasteiger partial charge on any atom is 0.284 e. The summed E-state index contributed by atoms with van der Waals surface area (Å²) >= 11 is 4.60. The summed E-state index contributed by atoms with van der Waals surface area (Å²) in [5.41, 5.74) is 0.131. The lowest BCUT2D eigenvalue weighted by molar-refractivity contribution is -0.385. The number of nitrogens with zero attached hydrogens (tertiary/aromatic N) is 1. The first-order valence-corrected chi connectivity index (χ1v) is 7.24. The zero-order valence-corrected chi connectivity index (χ0v) is 12.3. The van der Waals surface area contributed by atoms with Gasteiger partial charge in [-0.2, -0.15) is 0 Å². The lowest BCUT2D eigenvalue weighted by atomic mass is 10.2. The van der Waals surface area contributed by atoms with Crippen LogP contribution in [0.5, 0.6) is 0 Å². The second-order valence-corrected chi connectivity index (χ2v) is 5.40. The minimum atomic E-state index is -0.538. The molecule has 0 unspecified atom stereocenters. The Kier molecular flexibility index (Phi) is 6.39. The van der Waals surface area contributed by atoms with Gasteiger partial charge in [0, 0.05) is 23.9 Å². The van der Waals surface area contributed by atoms with E-state index in [-0.39, 0.29) is 17.2 Å². The Morgan fingerprint density at radius 2 is 2.32 bits per heavy atom. The number of nitro groups is 1. The van der Waals surface area contributed by atoms with Gasteiger partial charge in [0.25, 0.3) is 11.6 Å². The molecule has 0 spiro atoms. The van der Waals surface area contributed by atoms with E-state index in [1.54, 1.807) is 0 Å². The quantitative estimate of drug-likeness (QED) is 0.373. The number of halogens is 1. The summed E-state index contributed by atoms with van der Waals surface area (Å²) in [7, 11) is 0. The molecule has 1 aromatic carbocycles. The molecule has 100 valence electrons. The van der Waals surface area contributed by atoms with Crippen molar-refractivity contribution in [1.82, 2.24) is 5.32 Å². The molecule has 1 amide bonds. The van der Waals surface area contributed by atoms with E-state index < -0.39 is 4.92 Å². The largest absolute Gasteiger partial charge is 0.351 e.